The van der Waals surface area contributed by atoms with Gasteiger partial charge in [-0.2, -0.15) is 0 Å². The Labute approximate surface area is 55.6 Å². The summed E-state index contributed by atoms with van der Waals surface area (Å²) in [6.45, 7) is 3.13. The van der Waals surface area contributed by atoms with Gasteiger partial charge in [-0.05, 0) is 26.3 Å². The standard InChI is InChI=1S/C7H13NO/c1-6-4-7(5-9)2-3-8-6/h5-8H,2-4H2,1H3/t6-,7?/m0/s1. The first kappa shape index (κ1) is 6.75. The lowest BCUT2D eigenvalue weighted by molar-refractivity contribution is -0.112. The van der Waals surface area contributed by atoms with Crippen LogP contribution in [0.3, 0.4) is 0 Å². The maximum atomic E-state index is 10.3. The molecule has 0 aromatic rings. The SMILES string of the molecule is C[C@H]1CC(C=O)CCN1. The third kappa shape index (κ3) is 1.79. The average molecular weight is 127 g/mol. The van der Waals surface area contributed by atoms with Gasteiger partial charge in [-0.15, -0.1) is 0 Å². The van der Waals surface area contributed by atoms with Crippen LogP contribution in [0.5, 0.6) is 0 Å². The van der Waals surface area contributed by atoms with Crippen molar-refractivity contribution in [2.24, 2.45) is 5.92 Å². The van der Waals surface area contributed by atoms with Crippen molar-refractivity contribution >= 4 is 6.29 Å². The number of carbonyl (C=O) groups excluding carboxylic acids is 1. The van der Waals surface area contributed by atoms with Gasteiger partial charge in [0.05, 0.1) is 0 Å². The molecular weight excluding hydrogens is 114 g/mol. The fourth-order valence-electron chi connectivity index (χ4n) is 1.29. The first-order valence-electron chi connectivity index (χ1n) is 3.51. The summed E-state index contributed by atoms with van der Waals surface area (Å²) in [7, 11) is 0. The summed E-state index contributed by atoms with van der Waals surface area (Å²) in [6, 6.07) is 0.536. The molecular formula is C7H13NO. The van der Waals surface area contributed by atoms with Crippen LogP contribution in [0, 0.1) is 5.92 Å². The third-order valence-electron chi connectivity index (χ3n) is 1.86. The zero-order valence-corrected chi connectivity index (χ0v) is 5.76. The summed E-state index contributed by atoms with van der Waals surface area (Å²) in [5.41, 5.74) is 0. The second-order valence-corrected chi connectivity index (χ2v) is 2.78. The Hall–Kier alpha value is -0.370. The summed E-state index contributed by atoms with van der Waals surface area (Å²) in [6.07, 6.45) is 3.12. The molecule has 9 heavy (non-hydrogen) atoms. The van der Waals surface area contributed by atoms with Gasteiger partial charge in [-0.25, -0.2) is 0 Å². The molecule has 1 aliphatic heterocycles. The quantitative estimate of drug-likeness (QED) is 0.522. The predicted octanol–water partition coefficient (Wildman–Crippen LogP) is 0.573. The van der Waals surface area contributed by atoms with Crippen molar-refractivity contribution < 1.29 is 4.79 Å². The van der Waals surface area contributed by atoms with Crippen LogP contribution in [0.2, 0.25) is 0 Å². The molecule has 0 saturated carbocycles. The lowest BCUT2D eigenvalue weighted by Crippen LogP contribution is -2.36. The van der Waals surface area contributed by atoms with E-state index in [2.05, 4.69) is 12.2 Å². The highest BCUT2D eigenvalue weighted by Crippen LogP contribution is 2.12. The average Bonchev–Trinajstić information content (AvgIpc) is 1.88. The van der Waals surface area contributed by atoms with E-state index in [-0.39, 0.29) is 0 Å². The molecule has 0 aromatic carbocycles. The van der Waals surface area contributed by atoms with Crippen LogP contribution in [-0.2, 0) is 4.79 Å². The molecule has 1 unspecified atom stereocenters. The Kier molecular flexibility index (Phi) is 2.22. The van der Waals surface area contributed by atoms with Crippen molar-refractivity contribution in [1.82, 2.24) is 5.32 Å². The molecule has 52 valence electrons. The highest BCUT2D eigenvalue weighted by atomic mass is 16.1. The van der Waals surface area contributed by atoms with Crippen LogP contribution >= 0.6 is 0 Å². The van der Waals surface area contributed by atoms with Gasteiger partial charge in [0.15, 0.2) is 0 Å². The maximum Gasteiger partial charge on any atom is 0.123 e. The topological polar surface area (TPSA) is 29.1 Å². The number of rotatable bonds is 1. The molecule has 1 fully saturated rings. The highest BCUT2D eigenvalue weighted by Gasteiger charge is 2.16. The van der Waals surface area contributed by atoms with Gasteiger partial charge in [-0.1, -0.05) is 0 Å². The zero-order valence-electron chi connectivity index (χ0n) is 5.76. The molecule has 1 N–H and O–H groups in total. The Bertz CT molecular complexity index is 103. The summed E-state index contributed by atoms with van der Waals surface area (Å²) in [5, 5.41) is 3.29. The van der Waals surface area contributed by atoms with Crippen LogP contribution in [0.25, 0.3) is 0 Å². The number of nitrogens with one attached hydrogen (secondary N) is 1. The smallest absolute Gasteiger partial charge is 0.123 e. The Morgan fingerprint density at radius 3 is 2.89 bits per heavy atom. The van der Waals surface area contributed by atoms with E-state index in [0.29, 0.717) is 12.0 Å². The molecule has 0 spiro atoms. The second kappa shape index (κ2) is 2.97. The molecule has 2 heteroatoms. The van der Waals surface area contributed by atoms with Gasteiger partial charge in [0.1, 0.15) is 6.29 Å². The number of piperidine rings is 1. The predicted molar refractivity (Wildman–Crippen MR) is 36.3 cm³/mol. The first-order chi connectivity index (χ1) is 4.33. The molecule has 0 aliphatic carbocycles. The van der Waals surface area contributed by atoms with E-state index in [0.717, 1.165) is 25.7 Å². The Morgan fingerprint density at radius 1 is 1.67 bits per heavy atom. The summed E-state index contributed by atoms with van der Waals surface area (Å²) < 4.78 is 0. The molecule has 1 aliphatic rings. The van der Waals surface area contributed by atoms with E-state index in [1.165, 1.54) is 0 Å². The minimum absolute atomic E-state index is 0.321. The Balaban J connectivity index is 2.31. The third-order valence-corrected chi connectivity index (χ3v) is 1.86. The lowest BCUT2D eigenvalue weighted by Gasteiger charge is -2.23. The van der Waals surface area contributed by atoms with Gasteiger partial charge in [0, 0.05) is 12.0 Å². The monoisotopic (exact) mass is 127 g/mol. The number of hydrogen-bond donors (Lipinski definition) is 1. The number of hydrogen-bond acceptors (Lipinski definition) is 2. The van der Waals surface area contributed by atoms with E-state index >= 15 is 0 Å². The fourth-order valence-corrected chi connectivity index (χ4v) is 1.29. The number of carbonyl (C=O) groups is 1. The van der Waals surface area contributed by atoms with Crippen LogP contribution < -0.4 is 5.32 Å². The fraction of sp³-hybridized carbons (Fsp3) is 0.857. The molecule has 0 aromatic heterocycles. The summed E-state index contributed by atoms with van der Waals surface area (Å²) >= 11 is 0. The zero-order chi connectivity index (χ0) is 6.69. The largest absolute Gasteiger partial charge is 0.314 e. The Morgan fingerprint density at radius 2 is 2.44 bits per heavy atom. The highest BCUT2D eigenvalue weighted by molar-refractivity contribution is 5.53. The van der Waals surface area contributed by atoms with Crippen LogP contribution in [-0.4, -0.2) is 18.9 Å². The molecule has 0 amide bonds. The normalized spacial score (nSPS) is 36.1. The van der Waals surface area contributed by atoms with Crippen LogP contribution in [0.15, 0.2) is 0 Å². The molecule has 1 saturated heterocycles. The summed E-state index contributed by atoms with van der Waals surface area (Å²) in [4.78, 5) is 10.3. The van der Waals surface area contributed by atoms with Gasteiger partial charge < -0.3 is 10.1 Å². The minimum Gasteiger partial charge on any atom is -0.314 e. The van der Waals surface area contributed by atoms with Crippen molar-refractivity contribution in [2.45, 2.75) is 25.8 Å². The van der Waals surface area contributed by atoms with Crippen molar-refractivity contribution in [3.63, 3.8) is 0 Å². The van der Waals surface area contributed by atoms with Gasteiger partial charge >= 0.3 is 0 Å². The van der Waals surface area contributed by atoms with Crippen molar-refractivity contribution in [3.8, 4) is 0 Å². The van der Waals surface area contributed by atoms with E-state index in [1.807, 2.05) is 0 Å². The molecule has 0 bridgehead atoms. The van der Waals surface area contributed by atoms with Crippen molar-refractivity contribution in [1.29, 1.82) is 0 Å². The molecule has 1 rings (SSSR count). The van der Waals surface area contributed by atoms with E-state index < -0.39 is 0 Å². The van der Waals surface area contributed by atoms with E-state index in [9.17, 15) is 4.79 Å². The van der Waals surface area contributed by atoms with E-state index in [1.54, 1.807) is 0 Å². The maximum absolute atomic E-state index is 10.3. The molecule has 1 heterocycles. The first-order valence-corrected chi connectivity index (χ1v) is 3.51. The minimum atomic E-state index is 0.321. The molecule has 2 nitrogen and oxygen atoms in total. The van der Waals surface area contributed by atoms with Crippen LogP contribution in [0.4, 0.5) is 0 Å². The number of aldehydes is 1. The van der Waals surface area contributed by atoms with Gasteiger partial charge in [0.2, 0.25) is 0 Å². The van der Waals surface area contributed by atoms with Crippen molar-refractivity contribution in [3.05, 3.63) is 0 Å². The lowest BCUT2D eigenvalue weighted by atomic mass is 9.95. The van der Waals surface area contributed by atoms with Gasteiger partial charge in [0.25, 0.3) is 0 Å². The van der Waals surface area contributed by atoms with Crippen molar-refractivity contribution in [2.75, 3.05) is 6.54 Å². The second-order valence-electron chi connectivity index (χ2n) is 2.78. The molecule has 0 radical (unpaired) electrons. The van der Waals surface area contributed by atoms with E-state index in [4.69, 9.17) is 0 Å². The summed E-state index contributed by atoms with van der Waals surface area (Å²) in [5.74, 6) is 0.321. The van der Waals surface area contributed by atoms with Gasteiger partial charge in [-0.3, -0.25) is 0 Å². The molecule has 2 atom stereocenters. The van der Waals surface area contributed by atoms with Crippen LogP contribution in [0.1, 0.15) is 19.8 Å².